The number of ether oxygens (including phenoxy) is 1. The van der Waals surface area contributed by atoms with Gasteiger partial charge in [0.25, 0.3) is 0 Å². The maximum atomic E-state index is 12.8. The van der Waals surface area contributed by atoms with E-state index in [1.807, 2.05) is 6.92 Å². The number of hydrogen-bond acceptors (Lipinski definition) is 5. The molecule has 0 bridgehead atoms. The van der Waals surface area contributed by atoms with E-state index in [4.69, 9.17) is 4.74 Å². The van der Waals surface area contributed by atoms with Crippen LogP contribution < -0.4 is 5.32 Å². The molecular weight excluding hydrogens is 310 g/mol. The lowest BCUT2D eigenvalue weighted by atomic mass is 9.97. The molecule has 7 heteroatoms. The zero-order valence-electron chi connectivity index (χ0n) is 14.9. The Morgan fingerprint density at radius 3 is 2.75 bits per heavy atom. The number of rotatable bonds is 12. The summed E-state index contributed by atoms with van der Waals surface area (Å²) >= 11 is 0. The lowest BCUT2D eigenvalue weighted by molar-refractivity contribution is -0.139. The molecule has 7 nitrogen and oxygen atoms in total. The van der Waals surface area contributed by atoms with E-state index in [1.54, 1.807) is 18.1 Å². The maximum absolute atomic E-state index is 12.8. The first-order valence-corrected chi connectivity index (χ1v) is 8.60. The van der Waals surface area contributed by atoms with Crippen molar-refractivity contribution in [3.8, 4) is 0 Å². The smallest absolute Gasteiger partial charge is 0.245 e. The molecular formula is C17H29N3O4. The Bertz CT molecular complexity index is 476. The zero-order valence-corrected chi connectivity index (χ0v) is 14.9. The third-order valence-electron chi connectivity index (χ3n) is 3.88. The van der Waals surface area contributed by atoms with Gasteiger partial charge in [-0.1, -0.05) is 31.8 Å². The number of carbonyl (C=O) groups is 2. The average Bonchev–Trinajstić information content (AvgIpc) is 3.07. The van der Waals surface area contributed by atoms with E-state index in [0.717, 1.165) is 25.7 Å². The summed E-state index contributed by atoms with van der Waals surface area (Å²) in [5, 5.41) is 6.27. The van der Waals surface area contributed by atoms with Gasteiger partial charge in [0, 0.05) is 32.2 Å². The summed E-state index contributed by atoms with van der Waals surface area (Å²) in [7, 11) is 1.62. The maximum Gasteiger partial charge on any atom is 0.245 e. The summed E-state index contributed by atoms with van der Waals surface area (Å²) in [4.78, 5) is 26.6. The first kappa shape index (κ1) is 20.2. The molecule has 0 radical (unpaired) electrons. The van der Waals surface area contributed by atoms with Crippen molar-refractivity contribution >= 4 is 17.6 Å². The zero-order chi connectivity index (χ0) is 17.8. The Kier molecular flexibility index (Phi) is 9.76. The Balaban J connectivity index is 2.66. The molecule has 1 aromatic rings. The fourth-order valence-corrected chi connectivity index (χ4v) is 2.51. The standard InChI is InChI=1S/C17H29N3O4/c1-4-6-8-14(5-2)17(22)20(10-7-11-23-3)13-16(21)18-15-9-12-24-19-15/h9,12,14H,4-8,10-11,13H2,1-3H3,(H,18,19,21). The topological polar surface area (TPSA) is 84.7 Å². The molecule has 0 aromatic carbocycles. The fourth-order valence-electron chi connectivity index (χ4n) is 2.51. The minimum atomic E-state index is -0.278. The molecule has 0 fully saturated rings. The van der Waals surface area contributed by atoms with Crippen molar-refractivity contribution in [2.75, 3.05) is 32.1 Å². The van der Waals surface area contributed by atoms with Gasteiger partial charge in [-0.15, -0.1) is 0 Å². The Morgan fingerprint density at radius 2 is 2.17 bits per heavy atom. The number of carbonyl (C=O) groups excluding carboxylic acids is 2. The number of nitrogens with zero attached hydrogens (tertiary/aromatic N) is 2. The number of anilines is 1. The molecule has 1 N–H and O–H groups in total. The molecule has 1 aromatic heterocycles. The van der Waals surface area contributed by atoms with Crippen LogP contribution in [0.4, 0.5) is 5.82 Å². The Morgan fingerprint density at radius 1 is 1.38 bits per heavy atom. The molecule has 0 spiro atoms. The van der Waals surface area contributed by atoms with E-state index in [9.17, 15) is 9.59 Å². The lowest BCUT2D eigenvalue weighted by Crippen LogP contribution is -2.42. The van der Waals surface area contributed by atoms with Crippen LogP contribution in [0.15, 0.2) is 16.9 Å². The van der Waals surface area contributed by atoms with Crippen LogP contribution in [0.25, 0.3) is 0 Å². The largest absolute Gasteiger partial charge is 0.385 e. The van der Waals surface area contributed by atoms with Crippen LogP contribution in [0, 0.1) is 5.92 Å². The van der Waals surface area contributed by atoms with E-state index in [2.05, 4.69) is 21.9 Å². The molecule has 1 unspecified atom stereocenters. The van der Waals surface area contributed by atoms with Gasteiger partial charge in [-0.2, -0.15) is 0 Å². The number of hydrogen-bond donors (Lipinski definition) is 1. The van der Waals surface area contributed by atoms with Crippen molar-refractivity contribution in [1.82, 2.24) is 10.1 Å². The van der Waals surface area contributed by atoms with Crippen LogP contribution in [-0.4, -0.2) is 48.7 Å². The molecule has 0 aliphatic rings. The van der Waals surface area contributed by atoms with Crippen LogP contribution >= 0.6 is 0 Å². The first-order chi connectivity index (χ1) is 11.6. The first-order valence-electron chi connectivity index (χ1n) is 8.60. The minimum Gasteiger partial charge on any atom is -0.385 e. The summed E-state index contributed by atoms with van der Waals surface area (Å²) in [6, 6.07) is 1.56. The molecule has 1 heterocycles. The molecule has 1 rings (SSSR count). The summed E-state index contributed by atoms with van der Waals surface area (Å²) in [6.45, 7) is 5.19. The normalized spacial score (nSPS) is 12.0. The van der Waals surface area contributed by atoms with Crippen molar-refractivity contribution in [3.63, 3.8) is 0 Å². The van der Waals surface area contributed by atoms with Crippen LogP contribution in [0.5, 0.6) is 0 Å². The Labute approximate surface area is 143 Å². The molecule has 0 aliphatic heterocycles. The number of aromatic nitrogens is 1. The SMILES string of the molecule is CCCCC(CC)C(=O)N(CCCOC)CC(=O)Nc1ccon1. The second-order valence-corrected chi connectivity index (χ2v) is 5.79. The van der Waals surface area contributed by atoms with Gasteiger partial charge in [0.05, 0.1) is 6.54 Å². The molecule has 0 saturated carbocycles. The Hall–Kier alpha value is -1.89. The number of amides is 2. The highest BCUT2D eigenvalue weighted by Crippen LogP contribution is 2.16. The third kappa shape index (κ3) is 7.12. The average molecular weight is 339 g/mol. The highest BCUT2D eigenvalue weighted by molar-refractivity contribution is 5.94. The van der Waals surface area contributed by atoms with Crippen molar-refractivity contribution in [3.05, 3.63) is 12.3 Å². The predicted molar refractivity (Wildman–Crippen MR) is 91.5 cm³/mol. The van der Waals surface area contributed by atoms with Gasteiger partial charge >= 0.3 is 0 Å². The van der Waals surface area contributed by atoms with Gasteiger partial charge in [0.2, 0.25) is 11.8 Å². The van der Waals surface area contributed by atoms with Gasteiger partial charge in [-0.05, 0) is 19.3 Å². The predicted octanol–water partition coefficient (Wildman–Crippen LogP) is 2.69. The highest BCUT2D eigenvalue weighted by Gasteiger charge is 2.24. The van der Waals surface area contributed by atoms with Crippen LogP contribution in [0.2, 0.25) is 0 Å². The molecule has 136 valence electrons. The summed E-state index contributed by atoms with van der Waals surface area (Å²) < 4.78 is 9.74. The molecule has 24 heavy (non-hydrogen) atoms. The number of unbranched alkanes of at least 4 members (excludes halogenated alkanes) is 1. The van der Waals surface area contributed by atoms with Crippen molar-refractivity contribution in [2.24, 2.45) is 5.92 Å². The summed E-state index contributed by atoms with van der Waals surface area (Å²) in [5.74, 6) is 0.0760. The van der Waals surface area contributed by atoms with Crippen LogP contribution in [0.1, 0.15) is 46.0 Å². The molecule has 2 amide bonds. The monoisotopic (exact) mass is 339 g/mol. The number of methoxy groups -OCH3 is 1. The van der Waals surface area contributed by atoms with Crippen LogP contribution in [-0.2, 0) is 14.3 Å². The molecule has 0 saturated heterocycles. The van der Waals surface area contributed by atoms with Gasteiger partial charge in [0.15, 0.2) is 5.82 Å². The van der Waals surface area contributed by atoms with E-state index >= 15 is 0 Å². The van der Waals surface area contributed by atoms with E-state index in [1.165, 1.54) is 6.26 Å². The quantitative estimate of drug-likeness (QED) is 0.592. The van der Waals surface area contributed by atoms with Gasteiger partial charge in [-0.3, -0.25) is 9.59 Å². The van der Waals surface area contributed by atoms with E-state index in [-0.39, 0.29) is 24.3 Å². The second kappa shape index (κ2) is 11.6. The van der Waals surface area contributed by atoms with Gasteiger partial charge in [0.1, 0.15) is 6.26 Å². The summed E-state index contributed by atoms with van der Waals surface area (Å²) in [6.07, 6.45) is 5.79. The minimum absolute atomic E-state index is 0.0119. The number of nitrogens with one attached hydrogen (secondary N) is 1. The molecule has 0 aliphatic carbocycles. The van der Waals surface area contributed by atoms with Crippen molar-refractivity contribution in [2.45, 2.75) is 46.0 Å². The van der Waals surface area contributed by atoms with Crippen molar-refractivity contribution in [1.29, 1.82) is 0 Å². The van der Waals surface area contributed by atoms with Crippen LogP contribution in [0.3, 0.4) is 0 Å². The van der Waals surface area contributed by atoms with Crippen molar-refractivity contribution < 1.29 is 18.8 Å². The summed E-state index contributed by atoms with van der Waals surface area (Å²) in [5.41, 5.74) is 0. The van der Waals surface area contributed by atoms with E-state index in [0.29, 0.717) is 25.4 Å². The third-order valence-corrected chi connectivity index (χ3v) is 3.88. The van der Waals surface area contributed by atoms with Gasteiger partial charge in [-0.25, -0.2) is 0 Å². The lowest BCUT2D eigenvalue weighted by Gasteiger charge is -2.26. The highest BCUT2D eigenvalue weighted by atomic mass is 16.5. The van der Waals surface area contributed by atoms with Gasteiger partial charge < -0.3 is 19.5 Å². The molecule has 1 atom stereocenters. The fraction of sp³-hybridized carbons (Fsp3) is 0.706. The second-order valence-electron chi connectivity index (χ2n) is 5.79. The van der Waals surface area contributed by atoms with E-state index < -0.39 is 0 Å².